The Bertz CT molecular complexity index is 481. The van der Waals surface area contributed by atoms with Crippen molar-refractivity contribution in [3.63, 3.8) is 0 Å². The van der Waals surface area contributed by atoms with E-state index in [2.05, 4.69) is 23.8 Å². The number of hydrogen-bond donors (Lipinski definition) is 0. The van der Waals surface area contributed by atoms with Crippen LogP contribution < -0.4 is 0 Å². The van der Waals surface area contributed by atoms with Crippen LogP contribution in [0.25, 0.3) is 0 Å². The van der Waals surface area contributed by atoms with Crippen molar-refractivity contribution < 1.29 is 4.39 Å². The number of nitrogens with zero attached hydrogens (tertiary/aromatic N) is 3. The third-order valence-electron chi connectivity index (χ3n) is 3.66. The van der Waals surface area contributed by atoms with Crippen molar-refractivity contribution in [3.8, 4) is 6.07 Å². The predicted octanol–water partition coefficient (Wildman–Crippen LogP) is 2.22. The second-order valence-electron chi connectivity index (χ2n) is 5.40. The molecule has 0 bridgehead atoms. The Morgan fingerprint density at radius 3 is 2.89 bits per heavy atom. The summed E-state index contributed by atoms with van der Waals surface area (Å²) >= 11 is 0. The fraction of sp³-hybridized carbons (Fsp3) is 0.533. The molecule has 1 unspecified atom stereocenters. The van der Waals surface area contributed by atoms with Crippen molar-refractivity contribution in [1.29, 1.82) is 5.26 Å². The highest BCUT2D eigenvalue weighted by atomic mass is 19.1. The van der Waals surface area contributed by atoms with Crippen molar-refractivity contribution in [3.05, 3.63) is 35.1 Å². The summed E-state index contributed by atoms with van der Waals surface area (Å²) < 4.78 is 13.4. The van der Waals surface area contributed by atoms with E-state index in [1.54, 1.807) is 6.07 Å². The summed E-state index contributed by atoms with van der Waals surface area (Å²) in [6.07, 6.45) is 1.13. The smallest absolute Gasteiger partial charge is 0.124 e. The monoisotopic (exact) mass is 261 g/mol. The quantitative estimate of drug-likeness (QED) is 0.818. The van der Waals surface area contributed by atoms with Gasteiger partial charge in [-0.25, -0.2) is 4.39 Å². The van der Waals surface area contributed by atoms with Gasteiger partial charge in [0.1, 0.15) is 5.82 Å². The highest BCUT2D eigenvalue weighted by molar-refractivity contribution is 5.33. The molecule has 4 heteroatoms. The minimum absolute atomic E-state index is 0.325. The van der Waals surface area contributed by atoms with Gasteiger partial charge in [0.25, 0.3) is 0 Å². The summed E-state index contributed by atoms with van der Waals surface area (Å²) in [5, 5.41) is 8.89. The SMILES string of the molecule is CC1CN(C)CCCN1Cc1cc(F)cc(C#N)c1. The number of likely N-dealkylation sites (N-methyl/N-ethyl adjacent to an activating group) is 1. The van der Waals surface area contributed by atoms with Crippen LogP contribution in [0.15, 0.2) is 18.2 Å². The molecule has 0 N–H and O–H groups in total. The Labute approximate surface area is 114 Å². The summed E-state index contributed by atoms with van der Waals surface area (Å²) in [6.45, 7) is 6.06. The topological polar surface area (TPSA) is 30.3 Å². The van der Waals surface area contributed by atoms with Gasteiger partial charge in [-0.15, -0.1) is 0 Å². The Kier molecular flexibility index (Phi) is 4.52. The average Bonchev–Trinajstić information content (AvgIpc) is 2.50. The van der Waals surface area contributed by atoms with E-state index >= 15 is 0 Å². The molecule has 1 aromatic rings. The number of nitriles is 1. The molecular weight excluding hydrogens is 241 g/mol. The van der Waals surface area contributed by atoms with E-state index in [1.807, 2.05) is 6.07 Å². The minimum Gasteiger partial charge on any atom is -0.305 e. The van der Waals surface area contributed by atoms with E-state index in [9.17, 15) is 4.39 Å². The van der Waals surface area contributed by atoms with Crippen LogP contribution in [0.2, 0.25) is 0 Å². The van der Waals surface area contributed by atoms with Gasteiger partial charge in [0.2, 0.25) is 0 Å². The molecule has 2 rings (SSSR count). The molecule has 1 atom stereocenters. The molecule has 0 radical (unpaired) electrons. The van der Waals surface area contributed by atoms with Crippen molar-refractivity contribution in [2.45, 2.75) is 25.9 Å². The minimum atomic E-state index is -0.325. The first-order chi connectivity index (χ1) is 9.08. The predicted molar refractivity (Wildman–Crippen MR) is 73.1 cm³/mol. The van der Waals surface area contributed by atoms with Gasteiger partial charge in [-0.3, -0.25) is 4.90 Å². The van der Waals surface area contributed by atoms with Crippen molar-refractivity contribution in [2.75, 3.05) is 26.7 Å². The van der Waals surface area contributed by atoms with Gasteiger partial charge in [-0.1, -0.05) is 0 Å². The second-order valence-corrected chi connectivity index (χ2v) is 5.40. The summed E-state index contributed by atoms with van der Waals surface area (Å²) in [5.74, 6) is -0.325. The molecule has 1 heterocycles. The molecule has 1 aliphatic heterocycles. The molecule has 3 nitrogen and oxygen atoms in total. The van der Waals surface area contributed by atoms with Crippen LogP contribution in [0, 0.1) is 17.1 Å². The summed E-state index contributed by atoms with van der Waals surface area (Å²) in [4.78, 5) is 4.69. The highest BCUT2D eigenvalue weighted by Gasteiger charge is 2.19. The zero-order valence-electron chi connectivity index (χ0n) is 11.6. The first kappa shape index (κ1) is 14.0. The molecule has 0 amide bonds. The van der Waals surface area contributed by atoms with Crippen molar-refractivity contribution in [1.82, 2.24) is 9.80 Å². The van der Waals surface area contributed by atoms with Crippen LogP contribution in [0.3, 0.4) is 0 Å². The molecule has 1 aliphatic rings. The average molecular weight is 261 g/mol. The van der Waals surface area contributed by atoms with Crippen molar-refractivity contribution in [2.24, 2.45) is 0 Å². The van der Waals surface area contributed by atoms with Gasteiger partial charge in [0.15, 0.2) is 0 Å². The lowest BCUT2D eigenvalue weighted by molar-refractivity contribution is 0.194. The second kappa shape index (κ2) is 6.14. The molecule has 1 aromatic carbocycles. The van der Waals surface area contributed by atoms with Gasteiger partial charge in [-0.05, 0) is 50.7 Å². The van der Waals surface area contributed by atoms with E-state index < -0.39 is 0 Å². The van der Waals surface area contributed by atoms with E-state index in [0.29, 0.717) is 18.2 Å². The van der Waals surface area contributed by atoms with Crippen LogP contribution in [0.1, 0.15) is 24.5 Å². The lowest BCUT2D eigenvalue weighted by Gasteiger charge is -2.27. The van der Waals surface area contributed by atoms with E-state index in [-0.39, 0.29) is 5.82 Å². The number of halogens is 1. The molecule has 102 valence electrons. The molecule has 0 spiro atoms. The Balaban J connectivity index is 2.11. The van der Waals surface area contributed by atoms with Crippen LogP contribution in [0.5, 0.6) is 0 Å². The standard InChI is InChI=1S/C15H20FN3/c1-12-10-18(2)4-3-5-19(12)11-14-6-13(9-17)7-15(16)8-14/h6-8,12H,3-5,10-11H2,1-2H3. The van der Waals surface area contributed by atoms with Crippen molar-refractivity contribution >= 4 is 0 Å². The lowest BCUT2D eigenvalue weighted by atomic mass is 10.1. The largest absolute Gasteiger partial charge is 0.305 e. The zero-order valence-corrected chi connectivity index (χ0v) is 11.6. The molecule has 1 fully saturated rings. The van der Waals surface area contributed by atoms with E-state index in [1.165, 1.54) is 12.1 Å². The van der Waals surface area contributed by atoms with E-state index in [4.69, 9.17) is 5.26 Å². The van der Waals surface area contributed by atoms with Crippen LogP contribution in [-0.4, -0.2) is 42.5 Å². The van der Waals surface area contributed by atoms with Gasteiger partial charge in [0, 0.05) is 25.7 Å². The fourth-order valence-corrected chi connectivity index (χ4v) is 2.70. The normalized spacial score (nSPS) is 21.9. The maximum absolute atomic E-state index is 13.4. The number of benzene rings is 1. The Hall–Kier alpha value is -1.44. The van der Waals surface area contributed by atoms with Crippen LogP contribution >= 0.6 is 0 Å². The zero-order chi connectivity index (χ0) is 13.8. The van der Waals surface area contributed by atoms with Gasteiger partial charge in [0.05, 0.1) is 11.6 Å². The fourth-order valence-electron chi connectivity index (χ4n) is 2.70. The summed E-state index contributed by atoms with van der Waals surface area (Å²) in [6, 6.07) is 7.05. The number of rotatable bonds is 2. The van der Waals surface area contributed by atoms with Gasteiger partial charge in [-0.2, -0.15) is 5.26 Å². The Morgan fingerprint density at radius 2 is 2.16 bits per heavy atom. The maximum atomic E-state index is 13.4. The Morgan fingerprint density at radius 1 is 1.37 bits per heavy atom. The van der Waals surface area contributed by atoms with Gasteiger partial charge < -0.3 is 4.90 Å². The first-order valence-corrected chi connectivity index (χ1v) is 6.70. The van der Waals surface area contributed by atoms with E-state index in [0.717, 1.165) is 31.6 Å². The molecule has 0 aliphatic carbocycles. The molecule has 0 aromatic heterocycles. The first-order valence-electron chi connectivity index (χ1n) is 6.70. The number of hydrogen-bond acceptors (Lipinski definition) is 3. The lowest BCUT2D eigenvalue weighted by Crippen LogP contribution is -2.37. The molecule has 19 heavy (non-hydrogen) atoms. The summed E-state index contributed by atoms with van der Waals surface area (Å²) in [5.41, 5.74) is 1.28. The third-order valence-corrected chi connectivity index (χ3v) is 3.66. The van der Waals surface area contributed by atoms with Crippen LogP contribution in [0.4, 0.5) is 4.39 Å². The summed E-state index contributed by atoms with van der Waals surface area (Å²) in [7, 11) is 2.13. The van der Waals surface area contributed by atoms with Gasteiger partial charge >= 0.3 is 0 Å². The third kappa shape index (κ3) is 3.76. The maximum Gasteiger partial charge on any atom is 0.124 e. The molecular formula is C15H20FN3. The molecule has 0 saturated carbocycles. The molecule has 1 saturated heterocycles. The van der Waals surface area contributed by atoms with Crippen LogP contribution in [-0.2, 0) is 6.54 Å². The highest BCUT2D eigenvalue weighted by Crippen LogP contribution is 2.15.